The molecule has 2 rings (SSSR count). The SMILES string of the molecule is CCc1nn(Cc2ccc(F)c(Br)c2)c(CC)c1C(C)=O. The molecule has 2 aromatic rings. The van der Waals surface area contributed by atoms with Gasteiger partial charge in [0, 0.05) is 5.69 Å². The summed E-state index contributed by atoms with van der Waals surface area (Å²) < 4.78 is 15.6. The zero-order valence-electron chi connectivity index (χ0n) is 12.4. The zero-order valence-corrected chi connectivity index (χ0v) is 14.0. The normalized spacial score (nSPS) is 10.9. The number of rotatable bonds is 5. The number of Topliss-reactive ketones (excluding diaryl/α,β-unsaturated/α-hetero) is 1. The molecule has 0 saturated carbocycles. The minimum Gasteiger partial charge on any atom is -0.294 e. The lowest BCUT2D eigenvalue weighted by molar-refractivity contribution is 0.101. The van der Waals surface area contributed by atoms with Crippen LogP contribution < -0.4 is 0 Å². The van der Waals surface area contributed by atoms with E-state index in [2.05, 4.69) is 21.0 Å². The Morgan fingerprint density at radius 2 is 2.05 bits per heavy atom. The van der Waals surface area contributed by atoms with Crippen molar-refractivity contribution in [3.63, 3.8) is 0 Å². The molecule has 0 atom stereocenters. The van der Waals surface area contributed by atoms with Crippen molar-refractivity contribution in [1.82, 2.24) is 9.78 Å². The number of ketones is 1. The molecule has 0 aliphatic rings. The second kappa shape index (κ2) is 6.52. The number of halogens is 2. The van der Waals surface area contributed by atoms with E-state index >= 15 is 0 Å². The lowest BCUT2D eigenvalue weighted by Crippen LogP contribution is -2.08. The highest BCUT2D eigenvalue weighted by Gasteiger charge is 2.19. The third-order valence-electron chi connectivity index (χ3n) is 3.47. The van der Waals surface area contributed by atoms with E-state index in [9.17, 15) is 9.18 Å². The predicted octanol–water partition coefficient (Wildman–Crippen LogP) is 4.16. The molecular weight excluding hydrogens is 335 g/mol. The standard InChI is InChI=1S/C16H18BrFN2O/c1-4-14-16(10(3)21)15(5-2)20(19-14)9-11-6-7-13(18)12(17)8-11/h6-8H,4-5,9H2,1-3H3. The average molecular weight is 353 g/mol. The number of aromatic nitrogens is 2. The van der Waals surface area contributed by atoms with Gasteiger partial charge in [-0.1, -0.05) is 19.9 Å². The van der Waals surface area contributed by atoms with Gasteiger partial charge in [-0.2, -0.15) is 5.10 Å². The van der Waals surface area contributed by atoms with Crippen molar-refractivity contribution < 1.29 is 9.18 Å². The van der Waals surface area contributed by atoms with Crippen LogP contribution in [0.4, 0.5) is 4.39 Å². The Bertz CT molecular complexity index is 679. The number of carbonyl (C=O) groups excluding carboxylic acids is 1. The molecule has 0 radical (unpaired) electrons. The highest BCUT2D eigenvalue weighted by atomic mass is 79.9. The number of aryl methyl sites for hydroxylation is 1. The third-order valence-corrected chi connectivity index (χ3v) is 4.08. The number of carbonyl (C=O) groups is 1. The molecule has 0 aliphatic carbocycles. The molecule has 0 bridgehead atoms. The second-order valence-electron chi connectivity index (χ2n) is 4.94. The first-order valence-electron chi connectivity index (χ1n) is 7.01. The number of hydrogen-bond donors (Lipinski definition) is 0. The Kier molecular flexibility index (Phi) is 4.93. The summed E-state index contributed by atoms with van der Waals surface area (Å²) in [4.78, 5) is 11.9. The average Bonchev–Trinajstić information content (AvgIpc) is 2.80. The lowest BCUT2D eigenvalue weighted by Gasteiger charge is -2.08. The maximum atomic E-state index is 13.3. The topological polar surface area (TPSA) is 34.9 Å². The van der Waals surface area contributed by atoms with Gasteiger partial charge >= 0.3 is 0 Å². The number of benzene rings is 1. The van der Waals surface area contributed by atoms with Crippen LogP contribution in [-0.4, -0.2) is 15.6 Å². The van der Waals surface area contributed by atoms with Gasteiger partial charge in [0.25, 0.3) is 0 Å². The summed E-state index contributed by atoms with van der Waals surface area (Å²) >= 11 is 3.19. The van der Waals surface area contributed by atoms with Crippen molar-refractivity contribution in [3.8, 4) is 0 Å². The molecule has 0 unspecified atom stereocenters. The summed E-state index contributed by atoms with van der Waals surface area (Å²) in [7, 11) is 0. The fourth-order valence-corrected chi connectivity index (χ4v) is 2.93. The Balaban J connectivity index is 2.44. The number of hydrogen-bond acceptors (Lipinski definition) is 2. The van der Waals surface area contributed by atoms with Crippen molar-refractivity contribution >= 4 is 21.7 Å². The van der Waals surface area contributed by atoms with Gasteiger partial charge in [-0.25, -0.2) is 4.39 Å². The van der Waals surface area contributed by atoms with Crippen LogP contribution in [0.3, 0.4) is 0 Å². The molecule has 0 fully saturated rings. The van der Waals surface area contributed by atoms with Crippen LogP contribution >= 0.6 is 15.9 Å². The van der Waals surface area contributed by atoms with E-state index in [0.29, 0.717) is 11.0 Å². The van der Waals surface area contributed by atoms with Gasteiger partial charge < -0.3 is 0 Å². The molecule has 21 heavy (non-hydrogen) atoms. The summed E-state index contributed by atoms with van der Waals surface area (Å²) in [5.74, 6) is -0.233. The first-order valence-corrected chi connectivity index (χ1v) is 7.80. The summed E-state index contributed by atoms with van der Waals surface area (Å²) in [5.41, 5.74) is 3.46. The minimum atomic E-state index is -0.284. The maximum absolute atomic E-state index is 13.3. The van der Waals surface area contributed by atoms with Crippen LogP contribution in [0.2, 0.25) is 0 Å². The Morgan fingerprint density at radius 1 is 1.33 bits per heavy atom. The van der Waals surface area contributed by atoms with Crippen molar-refractivity contribution in [2.24, 2.45) is 0 Å². The van der Waals surface area contributed by atoms with Crippen LogP contribution in [0, 0.1) is 5.82 Å². The Labute approximate surface area is 132 Å². The molecule has 1 aromatic carbocycles. The van der Waals surface area contributed by atoms with Crippen molar-refractivity contribution in [1.29, 1.82) is 0 Å². The smallest absolute Gasteiger partial charge is 0.163 e. The molecular formula is C16H18BrFN2O. The van der Waals surface area contributed by atoms with Crippen LogP contribution in [0.15, 0.2) is 22.7 Å². The highest BCUT2D eigenvalue weighted by Crippen LogP contribution is 2.21. The van der Waals surface area contributed by atoms with E-state index in [1.807, 2.05) is 18.5 Å². The van der Waals surface area contributed by atoms with E-state index in [0.717, 1.165) is 35.4 Å². The summed E-state index contributed by atoms with van der Waals surface area (Å²) in [6.07, 6.45) is 1.46. The maximum Gasteiger partial charge on any atom is 0.163 e. The summed E-state index contributed by atoms with van der Waals surface area (Å²) in [6, 6.07) is 4.91. The molecule has 0 amide bonds. The molecule has 3 nitrogen and oxygen atoms in total. The molecule has 0 N–H and O–H groups in total. The summed E-state index contributed by atoms with van der Waals surface area (Å²) in [5, 5.41) is 4.55. The van der Waals surface area contributed by atoms with Gasteiger partial charge in [0.05, 0.1) is 22.3 Å². The van der Waals surface area contributed by atoms with E-state index in [1.54, 1.807) is 19.1 Å². The third kappa shape index (κ3) is 3.23. The van der Waals surface area contributed by atoms with Crippen LogP contribution in [0.25, 0.3) is 0 Å². The minimum absolute atomic E-state index is 0.0511. The van der Waals surface area contributed by atoms with Gasteiger partial charge in [-0.3, -0.25) is 9.48 Å². The highest BCUT2D eigenvalue weighted by molar-refractivity contribution is 9.10. The fourth-order valence-electron chi connectivity index (χ4n) is 2.51. The monoisotopic (exact) mass is 352 g/mol. The molecule has 0 spiro atoms. The van der Waals surface area contributed by atoms with Crippen LogP contribution in [-0.2, 0) is 19.4 Å². The first kappa shape index (κ1) is 15.9. The van der Waals surface area contributed by atoms with E-state index in [4.69, 9.17) is 0 Å². The summed E-state index contributed by atoms with van der Waals surface area (Å²) in [6.45, 7) is 6.11. The molecule has 1 heterocycles. The van der Waals surface area contributed by atoms with Crippen molar-refractivity contribution in [2.45, 2.75) is 40.2 Å². The van der Waals surface area contributed by atoms with Gasteiger partial charge in [-0.05, 0) is 53.4 Å². The molecule has 1 aromatic heterocycles. The molecule has 0 saturated heterocycles. The molecule has 112 valence electrons. The second-order valence-corrected chi connectivity index (χ2v) is 5.79. The van der Waals surface area contributed by atoms with Crippen molar-refractivity contribution in [3.05, 3.63) is 51.0 Å². The fraction of sp³-hybridized carbons (Fsp3) is 0.375. The van der Waals surface area contributed by atoms with Gasteiger partial charge in [0.2, 0.25) is 0 Å². The zero-order chi connectivity index (χ0) is 15.6. The Morgan fingerprint density at radius 3 is 2.57 bits per heavy atom. The van der Waals surface area contributed by atoms with Crippen molar-refractivity contribution in [2.75, 3.05) is 0 Å². The van der Waals surface area contributed by atoms with E-state index in [1.165, 1.54) is 6.07 Å². The van der Waals surface area contributed by atoms with Gasteiger partial charge in [-0.15, -0.1) is 0 Å². The largest absolute Gasteiger partial charge is 0.294 e. The first-order chi connectivity index (χ1) is 9.97. The predicted molar refractivity (Wildman–Crippen MR) is 84.2 cm³/mol. The quantitative estimate of drug-likeness (QED) is 0.757. The lowest BCUT2D eigenvalue weighted by atomic mass is 10.1. The molecule has 0 aliphatic heterocycles. The molecule has 5 heteroatoms. The van der Waals surface area contributed by atoms with E-state index < -0.39 is 0 Å². The Hall–Kier alpha value is -1.49. The van der Waals surface area contributed by atoms with Gasteiger partial charge in [0.1, 0.15) is 5.82 Å². The van der Waals surface area contributed by atoms with E-state index in [-0.39, 0.29) is 11.6 Å². The van der Waals surface area contributed by atoms with Crippen LogP contribution in [0.1, 0.15) is 48.1 Å². The number of nitrogens with zero attached hydrogens (tertiary/aromatic N) is 2. The van der Waals surface area contributed by atoms with Gasteiger partial charge in [0.15, 0.2) is 5.78 Å². The van der Waals surface area contributed by atoms with Crippen LogP contribution in [0.5, 0.6) is 0 Å².